The van der Waals surface area contributed by atoms with E-state index in [2.05, 4.69) is 45.0 Å². The lowest BCUT2D eigenvalue weighted by Crippen LogP contribution is -2.68. The molecule has 2 aliphatic heterocycles. The number of hydrogen-bond acceptors (Lipinski definition) is 6. The summed E-state index contributed by atoms with van der Waals surface area (Å²) in [5.41, 5.74) is 5.77. The second kappa shape index (κ2) is 8.65. The maximum Gasteiger partial charge on any atom is 0.264 e. The number of aliphatic hydroxyl groups is 1. The van der Waals surface area contributed by atoms with Crippen LogP contribution in [0.2, 0.25) is 5.04 Å². The quantitative estimate of drug-likeness (QED) is 0.647. The van der Waals surface area contributed by atoms with E-state index in [1.807, 2.05) is 50.2 Å². The number of benzene rings is 2. The summed E-state index contributed by atoms with van der Waals surface area (Å²) in [5, 5.41) is 12.6. The van der Waals surface area contributed by atoms with Crippen LogP contribution >= 0.6 is 0 Å². The van der Waals surface area contributed by atoms with Crippen molar-refractivity contribution in [3.05, 3.63) is 60.7 Å². The summed E-state index contributed by atoms with van der Waals surface area (Å²) < 4.78 is 25.8. The minimum atomic E-state index is -2.87. The highest BCUT2D eigenvalue weighted by molar-refractivity contribution is 6.99. The molecule has 2 fully saturated rings. The van der Waals surface area contributed by atoms with Gasteiger partial charge in [0.05, 0.1) is 6.10 Å². The van der Waals surface area contributed by atoms with Crippen LogP contribution < -0.4 is 16.1 Å². The van der Waals surface area contributed by atoms with Crippen LogP contribution in [0.15, 0.2) is 60.7 Å². The van der Waals surface area contributed by atoms with Crippen molar-refractivity contribution in [1.82, 2.24) is 0 Å². The molecule has 2 aromatic rings. The number of fused-ring (bicyclic) bond motifs is 1. The zero-order valence-electron chi connectivity index (χ0n) is 19.5. The summed E-state index contributed by atoms with van der Waals surface area (Å²) in [4.78, 5) is 0. The molecule has 5 atom stereocenters. The van der Waals surface area contributed by atoms with Crippen LogP contribution in [0.25, 0.3) is 0 Å². The highest BCUT2D eigenvalue weighted by atomic mass is 28.4. The van der Waals surface area contributed by atoms with E-state index in [0.29, 0.717) is 0 Å². The lowest BCUT2D eigenvalue weighted by molar-refractivity contribution is -0.225. The molecule has 0 aromatic heterocycles. The first kappa shape index (κ1) is 23.6. The average molecular weight is 458 g/mol. The van der Waals surface area contributed by atoms with Crippen LogP contribution in [0, 0.1) is 0 Å². The molecule has 2 heterocycles. The summed E-state index contributed by atoms with van der Waals surface area (Å²) in [5.74, 6) is -0.793. The van der Waals surface area contributed by atoms with Gasteiger partial charge in [0.1, 0.15) is 18.3 Å². The summed E-state index contributed by atoms with van der Waals surface area (Å²) >= 11 is 0. The van der Waals surface area contributed by atoms with Gasteiger partial charge in [-0.1, -0.05) is 81.4 Å². The summed E-state index contributed by atoms with van der Waals surface area (Å²) in [7, 11) is -2.87. The predicted octanol–water partition coefficient (Wildman–Crippen LogP) is 2.13. The van der Waals surface area contributed by atoms with Crippen LogP contribution in [0.1, 0.15) is 34.6 Å². The fourth-order valence-corrected chi connectivity index (χ4v) is 9.55. The normalized spacial score (nSPS) is 28.5. The molecule has 0 radical (unpaired) electrons. The maximum atomic E-state index is 10.6. The molecule has 32 heavy (non-hydrogen) atoms. The van der Waals surface area contributed by atoms with Gasteiger partial charge in [-0.25, -0.2) is 0 Å². The lowest BCUT2D eigenvalue weighted by Gasteiger charge is -2.45. The van der Waals surface area contributed by atoms with E-state index < -0.39 is 44.8 Å². The smallest absolute Gasteiger partial charge is 0.264 e. The van der Waals surface area contributed by atoms with Gasteiger partial charge in [0.15, 0.2) is 12.1 Å². The molecule has 0 amide bonds. The molecule has 0 unspecified atom stereocenters. The standard InChI is InChI=1S/C25H35NO5Si/c1-24(2,3)32(17-12-8-6-9-13-17,18-14-10-7-11-15-18)31-23-22-21(29-25(4,5)30-22)20(28-23)19(27)16-26/h6-15,19-23,27H,16,26H2,1-5H3/t19-,20-,21+,22+,23-/m1/s1. The molecule has 7 heteroatoms. The van der Waals surface area contributed by atoms with Crippen LogP contribution in [0.3, 0.4) is 0 Å². The Morgan fingerprint density at radius 2 is 1.47 bits per heavy atom. The largest absolute Gasteiger partial charge is 0.389 e. The van der Waals surface area contributed by atoms with Crippen LogP contribution in [-0.2, 0) is 18.6 Å². The van der Waals surface area contributed by atoms with E-state index in [4.69, 9.17) is 24.4 Å². The molecule has 6 nitrogen and oxygen atoms in total. The Morgan fingerprint density at radius 1 is 0.969 bits per heavy atom. The third-order valence-electron chi connectivity index (χ3n) is 6.38. The average Bonchev–Trinajstić information content (AvgIpc) is 3.24. The van der Waals surface area contributed by atoms with Crippen molar-refractivity contribution in [2.24, 2.45) is 5.73 Å². The van der Waals surface area contributed by atoms with E-state index in [1.165, 1.54) is 0 Å². The van der Waals surface area contributed by atoms with E-state index in [0.717, 1.165) is 10.4 Å². The lowest BCUT2D eigenvalue weighted by atomic mass is 10.1. The molecule has 3 N–H and O–H groups in total. The van der Waals surface area contributed by atoms with Gasteiger partial charge in [0.25, 0.3) is 8.32 Å². The first-order chi connectivity index (χ1) is 15.1. The predicted molar refractivity (Wildman–Crippen MR) is 126 cm³/mol. The molecule has 0 bridgehead atoms. The number of aliphatic hydroxyl groups excluding tert-OH is 1. The van der Waals surface area contributed by atoms with Gasteiger partial charge >= 0.3 is 0 Å². The van der Waals surface area contributed by atoms with Gasteiger partial charge < -0.3 is 29.5 Å². The van der Waals surface area contributed by atoms with Gasteiger partial charge in [-0.15, -0.1) is 0 Å². The van der Waals surface area contributed by atoms with Crippen LogP contribution in [0.4, 0.5) is 0 Å². The fraction of sp³-hybridized carbons (Fsp3) is 0.520. The minimum Gasteiger partial charge on any atom is -0.389 e. The van der Waals surface area contributed by atoms with Gasteiger partial charge in [-0.3, -0.25) is 0 Å². The Hall–Kier alpha value is -1.58. The topological polar surface area (TPSA) is 83.2 Å². The first-order valence-electron chi connectivity index (χ1n) is 11.3. The Kier molecular flexibility index (Phi) is 6.37. The highest BCUT2D eigenvalue weighted by Gasteiger charge is 2.61. The van der Waals surface area contributed by atoms with Gasteiger partial charge in [0.2, 0.25) is 0 Å². The Bertz CT molecular complexity index is 862. The molecule has 4 rings (SSSR count). The van der Waals surface area contributed by atoms with Crippen molar-refractivity contribution < 1.29 is 23.7 Å². The molecule has 2 saturated heterocycles. The summed E-state index contributed by atoms with van der Waals surface area (Å²) in [6.07, 6.45) is -3.09. The number of ether oxygens (including phenoxy) is 3. The zero-order valence-corrected chi connectivity index (χ0v) is 20.5. The van der Waals surface area contributed by atoms with Crippen molar-refractivity contribution in [3.8, 4) is 0 Å². The van der Waals surface area contributed by atoms with Crippen LogP contribution in [0.5, 0.6) is 0 Å². The van der Waals surface area contributed by atoms with E-state index in [1.54, 1.807) is 0 Å². The highest BCUT2D eigenvalue weighted by Crippen LogP contribution is 2.44. The third kappa shape index (κ3) is 4.07. The van der Waals surface area contributed by atoms with Crippen LogP contribution in [-0.4, -0.2) is 56.5 Å². The zero-order chi connectivity index (χ0) is 23.1. The summed E-state index contributed by atoms with van der Waals surface area (Å²) in [6, 6.07) is 20.8. The first-order valence-corrected chi connectivity index (χ1v) is 13.2. The van der Waals surface area contributed by atoms with E-state index in [9.17, 15) is 5.11 Å². The van der Waals surface area contributed by atoms with Crippen molar-refractivity contribution >= 4 is 18.7 Å². The van der Waals surface area contributed by atoms with Gasteiger partial charge in [-0.2, -0.15) is 0 Å². The van der Waals surface area contributed by atoms with Crippen molar-refractivity contribution in [1.29, 1.82) is 0 Å². The van der Waals surface area contributed by atoms with Crippen molar-refractivity contribution in [2.75, 3.05) is 6.54 Å². The third-order valence-corrected chi connectivity index (χ3v) is 11.4. The monoisotopic (exact) mass is 457 g/mol. The second-order valence-electron chi connectivity index (χ2n) is 10.1. The molecule has 0 saturated carbocycles. The SMILES string of the molecule is CC1(C)O[C@@H]2[C@H](O1)[C@@H](O[Si](c1ccccc1)(c1ccccc1)C(C)(C)C)O[C@@H]2[C@H](O)CN. The van der Waals surface area contributed by atoms with Crippen molar-refractivity contribution in [3.63, 3.8) is 0 Å². The van der Waals surface area contributed by atoms with Gasteiger partial charge in [0, 0.05) is 6.54 Å². The molecule has 0 aliphatic carbocycles. The minimum absolute atomic E-state index is 0.0730. The second-order valence-corrected chi connectivity index (χ2v) is 14.4. The maximum absolute atomic E-state index is 10.6. The number of hydrogen-bond donors (Lipinski definition) is 2. The number of rotatable bonds is 6. The Morgan fingerprint density at radius 3 is 1.94 bits per heavy atom. The Labute approximate surface area is 191 Å². The molecular formula is C25H35NO5Si. The summed E-state index contributed by atoms with van der Waals surface area (Å²) in [6.45, 7) is 10.5. The van der Waals surface area contributed by atoms with Crippen molar-refractivity contribution in [2.45, 2.75) is 76.1 Å². The van der Waals surface area contributed by atoms with E-state index in [-0.39, 0.29) is 11.6 Å². The van der Waals surface area contributed by atoms with Gasteiger partial charge in [-0.05, 0) is 29.3 Å². The molecule has 0 spiro atoms. The molecular weight excluding hydrogens is 422 g/mol. The molecule has 174 valence electrons. The fourth-order valence-electron chi connectivity index (χ4n) is 5.00. The number of nitrogens with two attached hydrogens (primary N) is 1. The molecule has 2 aliphatic rings. The molecule has 2 aromatic carbocycles. The Balaban J connectivity index is 1.81. The van der Waals surface area contributed by atoms with E-state index >= 15 is 0 Å².